The molecule has 3 atom stereocenters. The fraction of sp³-hybridized carbons (Fsp3) is 0.583. The first-order chi connectivity index (χ1) is 8.58. The number of H-pyrrole nitrogens is 1. The summed E-state index contributed by atoms with van der Waals surface area (Å²) in [7, 11) is 0. The average Bonchev–Trinajstić information content (AvgIpc) is 2.94. The van der Waals surface area contributed by atoms with Gasteiger partial charge in [0, 0.05) is 12.4 Å². The van der Waals surface area contributed by atoms with E-state index in [1.807, 2.05) is 6.92 Å². The molecule has 0 spiro atoms. The number of aromatic amines is 1. The highest BCUT2D eigenvalue weighted by molar-refractivity contribution is 5.85. The summed E-state index contributed by atoms with van der Waals surface area (Å²) in [4.78, 5) is 30.0. The predicted octanol–water partition coefficient (Wildman–Crippen LogP) is 0.773. The van der Waals surface area contributed by atoms with Crippen LogP contribution in [0, 0.1) is 17.8 Å². The highest BCUT2D eigenvalue weighted by Crippen LogP contribution is 2.36. The van der Waals surface area contributed by atoms with Gasteiger partial charge in [-0.3, -0.25) is 9.59 Å². The normalized spacial score (nSPS) is 27.1. The van der Waals surface area contributed by atoms with Crippen molar-refractivity contribution in [3.05, 3.63) is 18.2 Å². The van der Waals surface area contributed by atoms with Crippen LogP contribution in [0.4, 0.5) is 0 Å². The Balaban J connectivity index is 1.93. The summed E-state index contributed by atoms with van der Waals surface area (Å²) in [6, 6.07) is 0. The van der Waals surface area contributed by atoms with E-state index in [1.165, 1.54) is 0 Å². The first-order valence-electron chi connectivity index (χ1n) is 6.06. The fourth-order valence-corrected chi connectivity index (χ4v) is 2.55. The summed E-state index contributed by atoms with van der Waals surface area (Å²) >= 11 is 0. The molecular weight excluding hydrogens is 234 g/mol. The quantitative estimate of drug-likeness (QED) is 0.736. The Kier molecular flexibility index (Phi) is 3.64. The molecule has 1 aliphatic rings. The van der Waals surface area contributed by atoms with Crippen LogP contribution in [0.2, 0.25) is 0 Å². The zero-order valence-corrected chi connectivity index (χ0v) is 10.2. The van der Waals surface area contributed by atoms with Crippen molar-refractivity contribution in [2.45, 2.75) is 26.3 Å². The summed E-state index contributed by atoms with van der Waals surface area (Å²) < 4.78 is 0. The van der Waals surface area contributed by atoms with Crippen LogP contribution < -0.4 is 5.32 Å². The number of nitrogens with one attached hydrogen (secondary N) is 2. The van der Waals surface area contributed by atoms with Crippen molar-refractivity contribution < 1.29 is 14.7 Å². The maximum absolute atomic E-state index is 12.0. The Bertz CT molecular complexity index is 430. The minimum Gasteiger partial charge on any atom is -0.481 e. The molecule has 3 unspecified atom stereocenters. The minimum atomic E-state index is -0.877. The number of nitrogens with zero attached hydrogens (tertiary/aromatic N) is 1. The van der Waals surface area contributed by atoms with Gasteiger partial charge < -0.3 is 15.4 Å². The Labute approximate surface area is 105 Å². The molecule has 0 aliphatic heterocycles. The highest BCUT2D eigenvalue weighted by atomic mass is 16.4. The first kappa shape index (κ1) is 12.6. The van der Waals surface area contributed by atoms with Gasteiger partial charge in [0.15, 0.2) is 0 Å². The van der Waals surface area contributed by atoms with Gasteiger partial charge >= 0.3 is 5.97 Å². The van der Waals surface area contributed by atoms with Crippen LogP contribution in [0.15, 0.2) is 12.4 Å². The second-order valence-electron chi connectivity index (χ2n) is 4.88. The monoisotopic (exact) mass is 251 g/mol. The number of carboxylic acids is 1. The third-order valence-corrected chi connectivity index (χ3v) is 3.44. The van der Waals surface area contributed by atoms with Crippen molar-refractivity contribution >= 4 is 11.9 Å². The number of aromatic nitrogens is 2. The van der Waals surface area contributed by atoms with Gasteiger partial charge in [-0.2, -0.15) is 0 Å². The summed E-state index contributed by atoms with van der Waals surface area (Å²) in [5.41, 5.74) is 0. The maximum Gasteiger partial charge on any atom is 0.307 e. The number of carbonyl (C=O) groups is 2. The second-order valence-corrected chi connectivity index (χ2v) is 4.88. The molecule has 1 saturated carbocycles. The third-order valence-electron chi connectivity index (χ3n) is 3.44. The Hall–Kier alpha value is -1.85. The topological polar surface area (TPSA) is 95.1 Å². The number of hydrogen-bond acceptors (Lipinski definition) is 3. The van der Waals surface area contributed by atoms with E-state index in [0.29, 0.717) is 25.2 Å². The lowest BCUT2D eigenvalue weighted by Crippen LogP contribution is -2.35. The average molecular weight is 251 g/mol. The van der Waals surface area contributed by atoms with Gasteiger partial charge in [-0.15, -0.1) is 0 Å². The number of imidazole rings is 1. The summed E-state index contributed by atoms with van der Waals surface area (Å²) in [5, 5.41) is 11.8. The van der Waals surface area contributed by atoms with Crippen molar-refractivity contribution in [1.82, 2.24) is 15.3 Å². The van der Waals surface area contributed by atoms with Crippen LogP contribution in [0.1, 0.15) is 25.6 Å². The van der Waals surface area contributed by atoms with E-state index in [2.05, 4.69) is 15.3 Å². The van der Waals surface area contributed by atoms with Crippen LogP contribution in [0.3, 0.4) is 0 Å². The van der Waals surface area contributed by atoms with Gasteiger partial charge in [0.05, 0.1) is 18.4 Å². The molecule has 1 aromatic heterocycles. The van der Waals surface area contributed by atoms with Crippen LogP contribution >= 0.6 is 0 Å². The number of aliphatic carboxylic acids is 1. The lowest BCUT2D eigenvalue weighted by molar-refractivity contribution is -0.146. The predicted molar refractivity (Wildman–Crippen MR) is 63.4 cm³/mol. The number of carbonyl (C=O) groups excluding carboxylic acids is 1. The number of carboxylic acid groups (broad SMARTS) is 1. The second kappa shape index (κ2) is 5.20. The van der Waals surface area contributed by atoms with Crippen molar-refractivity contribution in [1.29, 1.82) is 0 Å². The van der Waals surface area contributed by atoms with Crippen molar-refractivity contribution in [3.8, 4) is 0 Å². The zero-order valence-electron chi connectivity index (χ0n) is 10.2. The van der Waals surface area contributed by atoms with Crippen molar-refractivity contribution in [2.75, 3.05) is 0 Å². The first-order valence-corrected chi connectivity index (χ1v) is 6.06. The van der Waals surface area contributed by atoms with Crippen molar-refractivity contribution in [3.63, 3.8) is 0 Å². The molecule has 1 fully saturated rings. The smallest absolute Gasteiger partial charge is 0.307 e. The minimum absolute atomic E-state index is 0.192. The summed E-state index contributed by atoms with van der Waals surface area (Å²) in [6.45, 7) is 2.29. The SMILES string of the molecule is CC1CC(C(=O)O)C(C(=O)NCc2ncc[nH]2)C1. The fourth-order valence-electron chi connectivity index (χ4n) is 2.55. The number of rotatable bonds is 4. The lowest BCUT2D eigenvalue weighted by Gasteiger charge is -2.14. The van der Waals surface area contributed by atoms with Gasteiger partial charge in [0.2, 0.25) is 5.91 Å². The van der Waals surface area contributed by atoms with E-state index in [4.69, 9.17) is 5.11 Å². The molecule has 3 N–H and O–H groups in total. The molecular formula is C12H17N3O3. The molecule has 1 amide bonds. The van der Waals surface area contributed by atoms with Gasteiger partial charge in [-0.05, 0) is 18.8 Å². The van der Waals surface area contributed by atoms with E-state index < -0.39 is 17.8 Å². The molecule has 1 aromatic rings. The molecule has 6 nitrogen and oxygen atoms in total. The maximum atomic E-state index is 12.0. The Morgan fingerprint density at radius 1 is 1.50 bits per heavy atom. The van der Waals surface area contributed by atoms with E-state index >= 15 is 0 Å². The molecule has 0 saturated heterocycles. The molecule has 18 heavy (non-hydrogen) atoms. The van der Waals surface area contributed by atoms with Gasteiger partial charge in [0.1, 0.15) is 5.82 Å². The highest BCUT2D eigenvalue weighted by Gasteiger charge is 2.41. The molecule has 1 aliphatic carbocycles. The molecule has 98 valence electrons. The molecule has 2 rings (SSSR count). The van der Waals surface area contributed by atoms with E-state index in [0.717, 1.165) is 0 Å². The Morgan fingerprint density at radius 3 is 2.83 bits per heavy atom. The summed E-state index contributed by atoms with van der Waals surface area (Å²) in [6.07, 6.45) is 4.51. The van der Waals surface area contributed by atoms with Crippen molar-refractivity contribution in [2.24, 2.45) is 17.8 Å². The zero-order chi connectivity index (χ0) is 13.1. The van der Waals surface area contributed by atoms with Gasteiger partial charge in [-0.25, -0.2) is 4.98 Å². The van der Waals surface area contributed by atoms with Gasteiger partial charge in [0.25, 0.3) is 0 Å². The van der Waals surface area contributed by atoms with E-state index in [9.17, 15) is 9.59 Å². The largest absolute Gasteiger partial charge is 0.481 e. The van der Waals surface area contributed by atoms with E-state index in [-0.39, 0.29) is 11.8 Å². The van der Waals surface area contributed by atoms with Crippen LogP contribution in [-0.4, -0.2) is 27.0 Å². The van der Waals surface area contributed by atoms with Crippen LogP contribution in [0.25, 0.3) is 0 Å². The third kappa shape index (κ3) is 2.69. The summed E-state index contributed by atoms with van der Waals surface area (Å²) in [5.74, 6) is -1.10. The Morgan fingerprint density at radius 2 is 2.22 bits per heavy atom. The number of amides is 1. The van der Waals surface area contributed by atoms with E-state index in [1.54, 1.807) is 12.4 Å². The number of hydrogen-bond donors (Lipinski definition) is 3. The van der Waals surface area contributed by atoms with Crippen LogP contribution in [-0.2, 0) is 16.1 Å². The molecule has 0 aromatic carbocycles. The van der Waals surface area contributed by atoms with Gasteiger partial charge in [-0.1, -0.05) is 6.92 Å². The lowest BCUT2D eigenvalue weighted by atomic mass is 9.95. The standard InChI is InChI=1S/C12H17N3O3/c1-7-4-8(9(5-7)12(17)18)11(16)15-6-10-13-2-3-14-10/h2-3,7-9H,4-6H2,1H3,(H,13,14)(H,15,16)(H,17,18). The molecule has 0 bridgehead atoms. The molecule has 1 heterocycles. The van der Waals surface area contributed by atoms with Crippen LogP contribution in [0.5, 0.6) is 0 Å². The molecule has 6 heteroatoms. The molecule has 0 radical (unpaired) electrons.